The number of rotatable bonds is 67. The smallest absolute Gasteiger partial charge is 0.307 e. The van der Waals surface area contributed by atoms with Gasteiger partial charge in [-0.05, 0) is 45.4 Å². The minimum atomic E-state index is -0.416. The molecule has 0 spiro atoms. The maximum absolute atomic E-state index is 11.0. The normalized spacial score (nSPS) is 10.8. The molecule has 0 aromatic heterocycles. The highest BCUT2D eigenvalue weighted by Crippen LogP contribution is 2.19. The first-order valence-electron chi connectivity index (χ1n) is 42.9. The maximum Gasteiger partial charge on any atom is 0.307 e. The molecule has 0 heterocycles. The number of thiol groups is 18. The third-order valence-electron chi connectivity index (χ3n) is 15.8. The van der Waals surface area contributed by atoms with E-state index in [-0.39, 0.29) is 94.5 Å². The standard InChI is InChI=1S/C12H26S2.C11H24S2.C10H22S2.2C9H16O4S2.C9H20S2.C8H14O4S2.C8H18S2.C7H16S2/c1-2-3-4-5-6-7-8-9-10-11-12(13)14;1-2-3-4-5-6-7-8-9-10-11(12)13;1-2-3-4-5-6-7-8-9-10(11)12;1-7(13-9(11)3-5-15)6-12-8(10)2-4-14;10-8(2-6-14)12-4-1-5-13-9(11)3-7-15;1-2-3-4-5-6-7-8-9(10)11;9-7(1-5-13)11-3-4-12-8(10)2-6-14;1-2-3-4-5-6-7-8(9)10;1-2-3-4-5-6-7(8)9/h12-14H,2-11H2,1H3;11-13H,2-10H2,1H3;10-12H,2-9H2,1H3;7,14-15H,2-6H2,1H3;14-15H,1-7H2;9-11H,2-8H2,1H3;13-14H,1-6H2;8-10H,2-7H2,1H3;7-9H,2-6H2,1H3. The molecule has 12 nitrogen and oxygen atoms in total. The summed E-state index contributed by atoms with van der Waals surface area (Å²) in [7, 11) is 0. The Kier molecular flexibility index (Phi) is 144. The highest BCUT2D eigenvalue weighted by molar-refractivity contribution is 8.00. The van der Waals surface area contributed by atoms with Gasteiger partial charge in [0.1, 0.15) is 25.9 Å². The SMILES string of the molecule is CC(COC(=O)CCS)OC(=O)CCS.CCCCCCC(S)S.CCCCCCCC(S)S.CCCCCCCCC(S)S.CCCCCCCCCC(S)S.CCCCCCCCCCC(S)S.CCCCCCCCCCCC(S)S.O=C(CCS)OCCCOC(=O)CCS.O=C(CCS)OCCOC(=O)CCS. The van der Waals surface area contributed by atoms with E-state index >= 15 is 0 Å². The van der Waals surface area contributed by atoms with Gasteiger partial charge >= 0.3 is 35.8 Å². The van der Waals surface area contributed by atoms with Gasteiger partial charge in [-0.15, -0.1) is 0 Å². The van der Waals surface area contributed by atoms with Crippen LogP contribution in [0.15, 0.2) is 0 Å². The average molecular weight is 1940 g/mol. The van der Waals surface area contributed by atoms with E-state index in [0.717, 1.165) is 38.5 Å². The molecule has 30 heteroatoms. The zero-order valence-corrected chi connectivity index (χ0v) is 87.6. The number of carbonyl (C=O) groups excluding carboxylic acids is 6. The summed E-state index contributed by atoms with van der Waals surface area (Å²) in [5.41, 5.74) is 0. The molecule has 0 aliphatic heterocycles. The summed E-state index contributed by atoms with van der Waals surface area (Å²) in [6.45, 7) is 16.0. The van der Waals surface area contributed by atoms with E-state index < -0.39 is 6.10 Å². The predicted molar refractivity (Wildman–Crippen MR) is 558 cm³/mol. The van der Waals surface area contributed by atoms with E-state index in [4.69, 9.17) is 28.4 Å². The molecule has 0 saturated carbocycles. The van der Waals surface area contributed by atoms with Crippen molar-refractivity contribution < 1.29 is 57.2 Å². The van der Waals surface area contributed by atoms with Crippen molar-refractivity contribution in [3.05, 3.63) is 0 Å². The second kappa shape index (κ2) is 121. The van der Waals surface area contributed by atoms with E-state index in [1.165, 1.54) is 250 Å². The Morgan fingerprint density at radius 3 is 0.558 bits per heavy atom. The van der Waals surface area contributed by atoms with Gasteiger partial charge in [0.05, 0.1) is 51.7 Å². The Bertz CT molecular complexity index is 1810. The minimum Gasteiger partial charge on any atom is -0.466 e. The van der Waals surface area contributed by atoms with Gasteiger partial charge in [-0.25, -0.2) is 0 Å². The molecule has 0 saturated heterocycles. The van der Waals surface area contributed by atoms with Crippen LogP contribution in [0.5, 0.6) is 0 Å². The van der Waals surface area contributed by atoms with Crippen molar-refractivity contribution in [2.45, 2.75) is 416 Å². The molecule has 0 radical (unpaired) electrons. The van der Waals surface area contributed by atoms with Crippen LogP contribution in [-0.2, 0) is 57.2 Å². The molecule has 0 rings (SSSR count). The van der Waals surface area contributed by atoms with E-state index in [0.29, 0.717) is 81.3 Å². The largest absolute Gasteiger partial charge is 0.466 e. The molecule has 113 heavy (non-hydrogen) atoms. The Hall–Kier alpha value is 3.12. The first-order valence-corrected chi connectivity index (χ1v) is 52.9. The number of carbonyl (C=O) groups is 6. The van der Waals surface area contributed by atoms with Crippen molar-refractivity contribution in [1.82, 2.24) is 0 Å². The van der Waals surface area contributed by atoms with Crippen LogP contribution in [0.25, 0.3) is 0 Å². The molecule has 0 aliphatic rings. The highest BCUT2D eigenvalue weighted by atomic mass is 32.2. The number of hydrogen-bond acceptors (Lipinski definition) is 30. The molecule has 0 aliphatic carbocycles. The van der Waals surface area contributed by atoms with Gasteiger partial charge in [-0.2, -0.15) is 227 Å². The number of esters is 6. The summed E-state index contributed by atoms with van der Waals surface area (Å²) in [4.78, 5) is 65.2. The van der Waals surface area contributed by atoms with E-state index in [2.05, 4.69) is 269 Å². The summed E-state index contributed by atoms with van der Waals surface area (Å²) < 4.78 is 30.6. The second-order valence-electron chi connectivity index (χ2n) is 27.3. The number of hydrogen-bond donors (Lipinski definition) is 18. The number of unbranched alkanes of at least 4 members (excludes halogenated alkanes) is 33. The lowest BCUT2D eigenvalue weighted by molar-refractivity contribution is -0.157. The fourth-order valence-corrected chi connectivity index (χ4v) is 12.6. The summed E-state index contributed by atoms with van der Waals surface area (Å²) in [6.07, 6.45) is 62.2. The van der Waals surface area contributed by atoms with Crippen LogP contribution < -0.4 is 0 Å². The molecular weight excluding hydrogens is 1770 g/mol. The van der Waals surface area contributed by atoms with Crippen molar-refractivity contribution in [1.29, 1.82) is 0 Å². The second-order valence-corrected chi connectivity index (χ2v) is 40.0. The summed E-state index contributed by atoms with van der Waals surface area (Å²) in [5.74, 6) is 0.915. The van der Waals surface area contributed by atoms with Crippen LogP contribution >= 0.6 is 227 Å². The Balaban J connectivity index is -0.000000154. The molecule has 684 valence electrons. The maximum atomic E-state index is 11.0. The van der Waals surface area contributed by atoms with Crippen molar-refractivity contribution >= 4 is 263 Å². The first kappa shape index (κ1) is 134. The number of ether oxygens (including phenoxy) is 6. The van der Waals surface area contributed by atoms with Gasteiger partial charge in [0.15, 0.2) is 0 Å². The third-order valence-corrected chi connectivity index (χ3v) is 20.2. The van der Waals surface area contributed by atoms with Crippen LogP contribution in [0.4, 0.5) is 0 Å². The first-order chi connectivity index (χ1) is 54.1. The summed E-state index contributed by atoms with van der Waals surface area (Å²) in [6, 6.07) is 0. The van der Waals surface area contributed by atoms with Gasteiger partial charge < -0.3 is 28.4 Å². The van der Waals surface area contributed by atoms with E-state index in [1.54, 1.807) is 6.92 Å². The molecular formula is C83H172O12S18. The molecule has 0 fully saturated rings. The molecule has 1 atom stereocenters. The monoisotopic (exact) mass is 1940 g/mol. The van der Waals surface area contributed by atoms with Crippen LogP contribution in [0.3, 0.4) is 0 Å². The fourth-order valence-electron chi connectivity index (χ4n) is 9.35. The van der Waals surface area contributed by atoms with Gasteiger partial charge in [0.2, 0.25) is 0 Å². The lowest BCUT2D eigenvalue weighted by Crippen LogP contribution is -2.22. The van der Waals surface area contributed by atoms with E-state index in [1.807, 2.05) is 0 Å². The summed E-state index contributed by atoms with van der Waals surface area (Å²) in [5, 5.41) is 0. The minimum absolute atomic E-state index is 0.0882. The van der Waals surface area contributed by atoms with Gasteiger partial charge in [0.25, 0.3) is 0 Å². The predicted octanol–water partition coefficient (Wildman–Crippen LogP) is 27.6. The lowest BCUT2D eigenvalue weighted by Gasteiger charge is -2.12. The van der Waals surface area contributed by atoms with Gasteiger partial charge in [-0.1, -0.05) is 292 Å². The van der Waals surface area contributed by atoms with Crippen molar-refractivity contribution in [3.63, 3.8) is 0 Å². The molecule has 0 bridgehead atoms. The Labute approximate surface area is 795 Å². The van der Waals surface area contributed by atoms with Crippen LogP contribution in [-0.4, -0.2) is 137 Å². The van der Waals surface area contributed by atoms with Gasteiger partial charge in [0, 0.05) is 68.4 Å². The lowest BCUT2D eigenvalue weighted by atomic mass is 10.1. The average Bonchev–Trinajstić information content (AvgIpc) is 0.990. The fraction of sp³-hybridized carbons (Fsp3) is 0.928. The third kappa shape index (κ3) is 159. The Morgan fingerprint density at radius 2 is 0.372 bits per heavy atom. The van der Waals surface area contributed by atoms with Crippen LogP contribution in [0.1, 0.15) is 382 Å². The van der Waals surface area contributed by atoms with Crippen molar-refractivity contribution in [2.24, 2.45) is 0 Å². The topological polar surface area (TPSA) is 158 Å². The summed E-state index contributed by atoms with van der Waals surface area (Å²) >= 11 is 73.8. The Morgan fingerprint density at radius 1 is 0.212 bits per heavy atom. The molecule has 0 N–H and O–H groups in total. The van der Waals surface area contributed by atoms with Crippen molar-refractivity contribution in [3.8, 4) is 0 Å². The zero-order chi connectivity index (χ0) is 87.3. The molecule has 1 unspecified atom stereocenters. The molecule has 0 amide bonds. The molecule has 0 aromatic carbocycles. The van der Waals surface area contributed by atoms with Crippen molar-refractivity contribution in [2.75, 3.05) is 67.6 Å². The van der Waals surface area contributed by atoms with Gasteiger partial charge in [-0.3, -0.25) is 28.8 Å². The zero-order valence-electron chi connectivity index (χ0n) is 71.5. The van der Waals surface area contributed by atoms with E-state index in [9.17, 15) is 28.8 Å². The quantitative estimate of drug-likeness (QED) is 0.00921. The highest BCUT2D eigenvalue weighted by Gasteiger charge is 2.12. The molecule has 0 aromatic rings. The van der Waals surface area contributed by atoms with Crippen LogP contribution in [0, 0.1) is 0 Å². The van der Waals surface area contributed by atoms with Crippen LogP contribution in [0.2, 0.25) is 0 Å².